The predicted octanol–water partition coefficient (Wildman–Crippen LogP) is 5.30. The second-order valence-electron chi connectivity index (χ2n) is 5.39. The van der Waals surface area contributed by atoms with Crippen molar-refractivity contribution in [2.45, 2.75) is 56.7 Å². The molecule has 1 aliphatic rings. The molecular formula is C17H25BrO2. The number of rotatable bonds is 5. The van der Waals surface area contributed by atoms with Crippen molar-refractivity contribution < 1.29 is 9.47 Å². The molecule has 1 saturated carbocycles. The van der Waals surface area contributed by atoms with Crippen molar-refractivity contribution in [2.24, 2.45) is 0 Å². The Kier molecular flexibility index (Phi) is 6.21. The van der Waals surface area contributed by atoms with Crippen LogP contribution in [-0.4, -0.2) is 18.0 Å². The van der Waals surface area contributed by atoms with Crippen LogP contribution in [0.25, 0.3) is 0 Å². The molecule has 1 fully saturated rings. The van der Waals surface area contributed by atoms with Gasteiger partial charge in [-0.15, -0.1) is 0 Å². The highest BCUT2D eigenvalue weighted by molar-refractivity contribution is 9.09. The minimum Gasteiger partial charge on any atom is -0.490 e. The summed E-state index contributed by atoms with van der Waals surface area (Å²) < 4.78 is 11.4. The van der Waals surface area contributed by atoms with Crippen molar-refractivity contribution in [3.05, 3.63) is 23.8 Å². The van der Waals surface area contributed by atoms with Crippen molar-refractivity contribution in [1.82, 2.24) is 0 Å². The fourth-order valence-corrected chi connectivity index (χ4v) is 3.70. The van der Waals surface area contributed by atoms with E-state index < -0.39 is 0 Å². The van der Waals surface area contributed by atoms with Gasteiger partial charge in [-0.3, -0.25) is 0 Å². The summed E-state index contributed by atoms with van der Waals surface area (Å²) in [6.07, 6.45) is 6.46. The Morgan fingerprint density at radius 2 is 1.75 bits per heavy atom. The first-order chi connectivity index (χ1) is 9.74. The molecule has 2 unspecified atom stereocenters. The van der Waals surface area contributed by atoms with Crippen molar-refractivity contribution in [3.63, 3.8) is 0 Å². The van der Waals surface area contributed by atoms with Crippen LogP contribution in [0.5, 0.6) is 11.5 Å². The molecule has 0 aliphatic heterocycles. The van der Waals surface area contributed by atoms with E-state index in [1.165, 1.54) is 37.7 Å². The molecule has 3 heteroatoms. The summed E-state index contributed by atoms with van der Waals surface area (Å²) in [4.78, 5) is 0.650. The standard InChI is InChI=1S/C17H25BrO2/c1-3-19-16-10-9-14(12-17(16)20-4-2)13-7-5-6-8-15(18)11-13/h9-10,12-13,15H,3-8,11H2,1-2H3. The summed E-state index contributed by atoms with van der Waals surface area (Å²) >= 11 is 3.81. The minimum atomic E-state index is 0.636. The van der Waals surface area contributed by atoms with Gasteiger partial charge in [-0.25, -0.2) is 0 Å². The van der Waals surface area contributed by atoms with Gasteiger partial charge in [0.25, 0.3) is 0 Å². The van der Waals surface area contributed by atoms with E-state index in [1.807, 2.05) is 13.8 Å². The molecule has 2 atom stereocenters. The van der Waals surface area contributed by atoms with E-state index in [9.17, 15) is 0 Å². The van der Waals surface area contributed by atoms with Gasteiger partial charge in [0.05, 0.1) is 13.2 Å². The van der Waals surface area contributed by atoms with Crippen LogP contribution in [0.2, 0.25) is 0 Å². The molecule has 0 radical (unpaired) electrons. The van der Waals surface area contributed by atoms with Crippen molar-refractivity contribution in [1.29, 1.82) is 0 Å². The zero-order valence-electron chi connectivity index (χ0n) is 12.5. The summed E-state index contributed by atoms with van der Waals surface area (Å²) in [6.45, 7) is 5.37. The van der Waals surface area contributed by atoms with Crippen LogP contribution in [0.4, 0.5) is 0 Å². The first-order valence-electron chi connectivity index (χ1n) is 7.78. The van der Waals surface area contributed by atoms with Crippen molar-refractivity contribution >= 4 is 15.9 Å². The molecule has 0 heterocycles. The Morgan fingerprint density at radius 1 is 1.05 bits per heavy atom. The summed E-state index contributed by atoms with van der Waals surface area (Å²) in [5.74, 6) is 2.39. The smallest absolute Gasteiger partial charge is 0.161 e. The van der Waals surface area contributed by atoms with Crippen LogP contribution < -0.4 is 9.47 Å². The molecule has 2 rings (SSSR count). The number of halogens is 1. The zero-order chi connectivity index (χ0) is 14.4. The highest BCUT2D eigenvalue weighted by Gasteiger charge is 2.21. The summed E-state index contributed by atoms with van der Waals surface area (Å²) in [5, 5.41) is 0. The average Bonchev–Trinajstić information content (AvgIpc) is 2.66. The highest BCUT2D eigenvalue weighted by atomic mass is 79.9. The van der Waals surface area contributed by atoms with Crippen LogP contribution in [0.1, 0.15) is 57.4 Å². The molecule has 1 aliphatic carbocycles. The fraction of sp³-hybridized carbons (Fsp3) is 0.647. The van der Waals surface area contributed by atoms with Gasteiger partial charge in [0.15, 0.2) is 11.5 Å². The maximum absolute atomic E-state index is 5.74. The molecule has 0 amide bonds. The van der Waals surface area contributed by atoms with Crippen LogP contribution in [0.3, 0.4) is 0 Å². The molecule has 1 aromatic carbocycles. The quantitative estimate of drug-likeness (QED) is 0.535. The zero-order valence-corrected chi connectivity index (χ0v) is 14.1. The Bertz CT molecular complexity index is 419. The van der Waals surface area contributed by atoms with Gasteiger partial charge >= 0.3 is 0 Å². The first kappa shape index (κ1) is 15.7. The largest absolute Gasteiger partial charge is 0.490 e. The number of hydrogen-bond donors (Lipinski definition) is 0. The van der Waals surface area contributed by atoms with Crippen LogP contribution in [0.15, 0.2) is 18.2 Å². The third-order valence-corrected chi connectivity index (χ3v) is 4.73. The van der Waals surface area contributed by atoms with Crippen LogP contribution in [-0.2, 0) is 0 Å². The highest BCUT2D eigenvalue weighted by Crippen LogP contribution is 2.38. The molecule has 0 saturated heterocycles. The second-order valence-corrected chi connectivity index (χ2v) is 6.68. The molecular weight excluding hydrogens is 316 g/mol. The van der Waals surface area contributed by atoms with E-state index in [0.717, 1.165) is 11.5 Å². The average molecular weight is 341 g/mol. The van der Waals surface area contributed by atoms with Crippen LogP contribution in [0, 0.1) is 0 Å². The van der Waals surface area contributed by atoms with Gasteiger partial charge in [-0.05, 0) is 56.7 Å². The third-order valence-electron chi connectivity index (χ3n) is 3.90. The van der Waals surface area contributed by atoms with E-state index in [2.05, 4.69) is 34.1 Å². The van der Waals surface area contributed by atoms with Gasteiger partial charge in [0, 0.05) is 4.83 Å². The second kappa shape index (κ2) is 7.92. The first-order valence-corrected chi connectivity index (χ1v) is 8.69. The van der Waals surface area contributed by atoms with E-state index in [4.69, 9.17) is 9.47 Å². The number of benzene rings is 1. The summed E-state index contributed by atoms with van der Waals surface area (Å²) in [5.41, 5.74) is 1.39. The maximum atomic E-state index is 5.74. The van der Waals surface area contributed by atoms with Gasteiger partial charge in [-0.2, -0.15) is 0 Å². The molecule has 0 bridgehead atoms. The molecule has 1 aromatic rings. The van der Waals surface area contributed by atoms with Crippen LogP contribution >= 0.6 is 15.9 Å². The van der Waals surface area contributed by atoms with Gasteiger partial charge in [0.2, 0.25) is 0 Å². The SMILES string of the molecule is CCOc1ccc(C2CCCCC(Br)C2)cc1OCC. The van der Waals surface area contributed by atoms with Gasteiger partial charge in [0.1, 0.15) is 0 Å². The van der Waals surface area contributed by atoms with Crippen molar-refractivity contribution in [2.75, 3.05) is 13.2 Å². The molecule has 112 valence electrons. The van der Waals surface area contributed by atoms with E-state index in [-0.39, 0.29) is 0 Å². The molecule has 0 spiro atoms. The molecule has 0 N–H and O–H groups in total. The Morgan fingerprint density at radius 3 is 2.50 bits per heavy atom. The molecule has 20 heavy (non-hydrogen) atoms. The molecule has 0 aromatic heterocycles. The lowest BCUT2D eigenvalue weighted by molar-refractivity contribution is 0.287. The van der Waals surface area contributed by atoms with E-state index >= 15 is 0 Å². The maximum Gasteiger partial charge on any atom is 0.161 e. The Hall–Kier alpha value is -0.700. The summed E-state index contributed by atoms with van der Waals surface area (Å²) in [7, 11) is 0. The minimum absolute atomic E-state index is 0.636. The normalized spacial score (nSPS) is 23.1. The van der Waals surface area contributed by atoms with E-state index in [1.54, 1.807) is 0 Å². The topological polar surface area (TPSA) is 18.5 Å². The Balaban J connectivity index is 2.20. The van der Waals surface area contributed by atoms with Gasteiger partial charge < -0.3 is 9.47 Å². The number of alkyl halides is 1. The Labute approximate surface area is 131 Å². The lowest BCUT2D eigenvalue weighted by Gasteiger charge is -2.19. The van der Waals surface area contributed by atoms with Gasteiger partial charge in [-0.1, -0.05) is 34.8 Å². The predicted molar refractivity (Wildman–Crippen MR) is 87.3 cm³/mol. The monoisotopic (exact) mass is 340 g/mol. The lowest BCUT2D eigenvalue weighted by Crippen LogP contribution is -2.05. The van der Waals surface area contributed by atoms with E-state index in [0.29, 0.717) is 24.0 Å². The number of hydrogen-bond acceptors (Lipinski definition) is 2. The number of ether oxygens (including phenoxy) is 2. The van der Waals surface area contributed by atoms with Crippen molar-refractivity contribution in [3.8, 4) is 11.5 Å². The fourth-order valence-electron chi connectivity index (χ4n) is 2.93. The molecule has 2 nitrogen and oxygen atoms in total. The lowest BCUT2D eigenvalue weighted by atomic mass is 9.91. The third kappa shape index (κ3) is 4.15. The summed E-state index contributed by atoms with van der Waals surface area (Å²) in [6, 6.07) is 6.46.